The minimum absolute atomic E-state index is 0.0389. The molecule has 1 aliphatic rings. The van der Waals surface area contributed by atoms with Crippen LogP contribution in [0.4, 0.5) is 5.69 Å². The van der Waals surface area contributed by atoms with Crippen LogP contribution >= 0.6 is 0 Å². The third-order valence-corrected chi connectivity index (χ3v) is 4.51. The van der Waals surface area contributed by atoms with Crippen molar-refractivity contribution in [2.45, 2.75) is 0 Å². The van der Waals surface area contributed by atoms with E-state index in [2.05, 4.69) is 11.4 Å². The molecule has 0 aliphatic carbocycles. The third-order valence-electron chi connectivity index (χ3n) is 4.51. The van der Waals surface area contributed by atoms with E-state index in [1.54, 1.807) is 24.3 Å². The van der Waals surface area contributed by atoms with E-state index in [4.69, 9.17) is 5.26 Å². The minimum Gasteiger partial charge on any atom is -0.327 e. The molecule has 0 aromatic heterocycles. The molecule has 0 atom stereocenters. The number of hydrogen-bond donors (Lipinski definition) is 2. The van der Waals surface area contributed by atoms with Gasteiger partial charge in [-0.25, -0.2) is 0 Å². The van der Waals surface area contributed by atoms with Gasteiger partial charge in [0.2, 0.25) is 0 Å². The summed E-state index contributed by atoms with van der Waals surface area (Å²) in [5.74, 6) is -0.0809. The van der Waals surface area contributed by atoms with Gasteiger partial charge in [-0.15, -0.1) is 0 Å². The zero-order valence-corrected chi connectivity index (χ0v) is 14.4. The summed E-state index contributed by atoms with van der Waals surface area (Å²) >= 11 is 0. The number of piperazine rings is 1. The molecule has 26 heavy (non-hydrogen) atoms. The molecule has 2 N–H and O–H groups in total. The predicted molar refractivity (Wildman–Crippen MR) is 97.7 cm³/mol. The van der Waals surface area contributed by atoms with Crippen LogP contribution in [0.1, 0.15) is 15.9 Å². The van der Waals surface area contributed by atoms with Gasteiger partial charge in [0.25, 0.3) is 11.8 Å². The number of carbonyl (C=O) groups is 2. The second-order valence-corrected chi connectivity index (χ2v) is 6.29. The highest BCUT2D eigenvalue weighted by Gasteiger charge is 2.25. The van der Waals surface area contributed by atoms with Crippen LogP contribution in [0.25, 0.3) is 0 Å². The molecule has 0 radical (unpaired) electrons. The lowest BCUT2D eigenvalue weighted by molar-refractivity contribution is -0.895. The number of anilines is 1. The Morgan fingerprint density at radius 1 is 1.04 bits per heavy atom. The third kappa shape index (κ3) is 4.26. The van der Waals surface area contributed by atoms with Crippen LogP contribution in [0.5, 0.6) is 0 Å². The highest BCUT2D eigenvalue weighted by atomic mass is 16.2. The van der Waals surface area contributed by atoms with Gasteiger partial charge in [0, 0.05) is 5.56 Å². The van der Waals surface area contributed by atoms with Crippen LogP contribution in [0.15, 0.2) is 54.6 Å². The highest BCUT2D eigenvalue weighted by molar-refractivity contribution is 5.94. The molecule has 1 aliphatic heterocycles. The monoisotopic (exact) mass is 349 g/mol. The van der Waals surface area contributed by atoms with E-state index in [-0.39, 0.29) is 11.8 Å². The Bertz CT molecular complexity index is 821. The van der Waals surface area contributed by atoms with Gasteiger partial charge < -0.3 is 15.1 Å². The Balaban J connectivity index is 1.50. The van der Waals surface area contributed by atoms with Gasteiger partial charge in [0.15, 0.2) is 6.54 Å². The van der Waals surface area contributed by atoms with Crippen molar-refractivity contribution >= 4 is 17.5 Å². The summed E-state index contributed by atoms with van der Waals surface area (Å²) in [6.45, 7) is 3.04. The summed E-state index contributed by atoms with van der Waals surface area (Å²) in [6.07, 6.45) is 0. The predicted octanol–water partition coefficient (Wildman–Crippen LogP) is 0.538. The molecule has 2 aromatic carbocycles. The molecule has 0 spiro atoms. The maximum absolute atomic E-state index is 12.4. The SMILES string of the molecule is N#Cc1ccccc1NC(=O)C[NH+]1CCN(C(=O)c2ccccc2)CC1. The van der Waals surface area contributed by atoms with E-state index in [9.17, 15) is 9.59 Å². The first-order chi connectivity index (χ1) is 12.7. The zero-order valence-electron chi connectivity index (χ0n) is 14.4. The fourth-order valence-electron chi connectivity index (χ4n) is 3.08. The first-order valence-electron chi connectivity index (χ1n) is 8.64. The fraction of sp³-hybridized carbons (Fsp3) is 0.250. The lowest BCUT2D eigenvalue weighted by atomic mass is 10.2. The molecular weight excluding hydrogens is 328 g/mol. The Labute approximate surface area is 152 Å². The molecule has 6 heteroatoms. The van der Waals surface area contributed by atoms with Gasteiger partial charge in [-0.2, -0.15) is 5.26 Å². The van der Waals surface area contributed by atoms with Crippen LogP contribution in [-0.4, -0.2) is 49.4 Å². The number of quaternary nitrogens is 1. The van der Waals surface area contributed by atoms with Gasteiger partial charge in [-0.1, -0.05) is 30.3 Å². The largest absolute Gasteiger partial charge is 0.327 e. The second-order valence-electron chi connectivity index (χ2n) is 6.29. The van der Waals surface area contributed by atoms with Gasteiger partial charge in [-0.3, -0.25) is 9.59 Å². The number of para-hydroxylation sites is 1. The summed E-state index contributed by atoms with van der Waals surface area (Å²) in [6, 6.07) is 18.3. The molecule has 1 heterocycles. The summed E-state index contributed by atoms with van der Waals surface area (Å²) in [5.41, 5.74) is 1.69. The van der Waals surface area contributed by atoms with Crippen LogP contribution in [0, 0.1) is 11.3 Å². The lowest BCUT2D eigenvalue weighted by Crippen LogP contribution is -3.15. The maximum Gasteiger partial charge on any atom is 0.279 e. The number of rotatable bonds is 4. The van der Waals surface area contributed by atoms with E-state index >= 15 is 0 Å². The van der Waals surface area contributed by atoms with Gasteiger partial charge in [0.05, 0.1) is 37.4 Å². The van der Waals surface area contributed by atoms with Crippen LogP contribution in [-0.2, 0) is 4.79 Å². The van der Waals surface area contributed by atoms with Crippen molar-refractivity contribution in [3.05, 3.63) is 65.7 Å². The summed E-state index contributed by atoms with van der Waals surface area (Å²) in [5, 5.41) is 11.9. The van der Waals surface area contributed by atoms with Crippen molar-refractivity contribution in [1.82, 2.24) is 4.90 Å². The molecule has 6 nitrogen and oxygen atoms in total. The number of nitrogens with one attached hydrogen (secondary N) is 2. The molecule has 132 valence electrons. The number of hydrogen-bond acceptors (Lipinski definition) is 3. The van der Waals surface area contributed by atoms with Gasteiger partial charge in [-0.05, 0) is 24.3 Å². The van der Waals surface area contributed by atoms with Crippen LogP contribution in [0.2, 0.25) is 0 Å². The molecular formula is C20H21N4O2+. The highest BCUT2D eigenvalue weighted by Crippen LogP contribution is 2.12. The number of benzene rings is 2. The number of nitrogens with zero attached hydrogens (tertiary/aromatic N) is 2. The molecule has 2 aromatic rings. The molecule has 3 rings (SSSR count). The van der Waals surface area contributed by atoms with E-state index in [1.165, 1.54) is 0 Å². The smallest absolute Gasteiger partial charge is 0.279 e. The standard InChI is InChI=1S/C20H20N4O2/c21-14-17-8-4-5-9-18(17)22-19(25)15-23-10-12-24(13-11-23)20(26)16-6-2-1-3-7-16/h1-9H,10-13,15H2,(H,22,25)/p+1. The first kappa shape index (κ1) is 17.6. The van der Waals surface area contributed by atoms with E-state index < -0.39 is 0 Å². The van der Waals surface area contributed by atoms with Crippen molar-refractivity contribution in [3.63, 3.8) is 0 Å². The molecule has 2 amide bonds. The molecule has 1 fully saturated rings. The maximum atomic E-state index is 12.4. The van der Waals surface area contributed by atoms with E-state index in [1.807, 2.05) is 35.2 Å². The first-order valence-corrected chi connectivity index (χ1v) is 8.64. The summed E-state index contributed by atoms with van der Waals surface area (Å²) in [4.78, 5) is 27.7. The molecule has 1 saturated heterocycles. The average molecular weight is 349 g/mol. The zero-order chi connectivity index (χ0) is 18.4. The average Bonchev–Trinajstić information content (AvgIpc) is 2.69. The Hall–Kier alpha value is -3.17. The molecule has 0 bridgehead atoms. The van der Waals surface area contributed by atoms with E-state index in [0.717, 1.165) is 18.0 Å². The minimum atomic E-state index is -0.120. The molecule has 0 saturated carbocycles. The van der Waals surface area contributed by atoms with Crippen LogP contribution < -0.4 is 10.2 Å². The van der Waals surface area contributed by atoms with Crippen LogP contribution in [0.3, 0.4) is 0 Å². The normalized spacial score (nSPS) is 14.5. The molecule has 0 unspecified atom stereocenters. The lowest BCUT2D eigenvalue weighted by Gasteiger charge is -2.32. The summed E-state index contributed by atoms with van der Waals surface area (Å²) in [7, 11) is 0. The Morgan fingerprint density at radius 2 is 1.69 bits per heavy atom. The Morgan fingerprint density at radius 3 is 2.38 bits per heavy atom. The number of amides is 2. The van der Waals surface area contributed by atoms with Gasteiger partial charge in [0.1, 0.15) is 6.07 Å². The van der Waals surface area contributed by atoms with Crippen molar-refractivity contribution < 1.29 is 14.5 Å². The summed E-state index contributed by atoms with van der Waals surface area (Å²) < 4.78 is 0. The number of carbonyl (C=O) groups excluding carboxylic acids is 2. The second kappa shape index (κ2) is 8.28. The van der Waals surface area contributed by atoms with E-state index in [0.29, 0.717) is 36.4 Å². The van der Waals surface area contributed by atoms with Crippen molar-refractivity contribution in [2.75, 3.05) is 38.0 Å². The van der Waals surface area contributed by atoms with Crippen molar-refractivity contribution in [1.29, 1.82) is 5.26 Å². The van der Waals surface area contributed by atoms with Gasteiger partial charge >= 0.3 is 0 Å². The number of nitriles is 1. The Kier molecular flexibility index (Phi) is 5.62. The topological polar surface area (TPSA) is 77.6 Å². The quantitative estimate of drug-likeness (QED) is 0.846. The van der Waals surface area contributed by atoms with Crippen molar-refractivity contribution in [3.8, 4) is 6.07 Å². The fourth-order valence-corrected chi connectivity index (χ4v) is 3.08. The van der Waals surface area contributed by atoms with Crippen molar-refractivity contribution in [2.24, 2.45) is 0 Å².